The van der Waals surface area contributed by atoms with Gasteiger partial charge in [-0.25, -0.2) is 5.26 Å². The summed E-state index contributed by atoms with van der Waals surface area (Å²) in [7, 11) is -4.20. The molecule has 0 amide bonds. The minimum Gasteiger partial charge on any atom is -0.282 e. The first-order valence-corrected chi connectivity index (χ1v) is 5.86. The van der Waals surface area contributed by atoms with Crippen LogP contribution in [0.1, 0.15) is 5.56 Å². The molecule has 0 saturated carbocycles. The van der Waals surface area contributed by atoms with Gasteiger partial charge in [-0.1, -0.05) is 5.04 Å². The summed E-state index contributed by atoms with van der Waals surface area (Å²) in [5.74, 6) is 0. The quantitative estimate of drug-likeness (QED) is 0.364. The standard InChI is InChI=1S/C7H8O6S2/c1-5-4-6(14-13-12-8)2-3-7(5)15(9,10)11/h2-4,8H,1H3,(H,9,10,11). The Bertz CT molecular complexity index is 441. The van der Waals surface area contributed by atoms with Gasteiger partial charge in [-0.15, -0.1) is 4.33 Å². The highest BCUT2D eigenvalue weighted by atomic mass is 32.2. The monoisotopic (exact) mass is 252 g/mol. The van der Waals surface area contributed by atoms with Gasteiger partial charge in [0.05, 0.1) is 16.9 Å². The molecular weight excluding hydrogens is 244 g/mol. The maximum absolute atomic E-state index is 10.8. The third-order valence-electron chi connectivity index (χ3n) is 1.58. The van der Waals surface area contributed by atoms with E-state index in [9.17, 15) is 8.42 Å². The van der Waals surface area contributed by atoms with Crippen LogP contribution in [0.25, 0.3) is 0 Å². The molecule has 0 aliphatic heterocycles. The number of aryl methyl sites for hydroxylation is 1. The third kappa shape index (κ3) is 3.45. The molecule has 1 rings (SSSR count). The smallest absolute Gasteiger partial charge is 0.282 e. The van der Waals surface area contributed by atoms with Gasteiger partial charge < -0.3 is 0 Å². The summed E-state index contributed by atoms with van der Waals surface area (Å²) in [5.41, 5.74) is 0.365. The van der Waals surface area contributed by atoms with E-state index in [0.29, 0.717) is 22.5 Å². The van der Waals surface area contributed by atoms with Crippen LogP contribution in [-0.2, 0) is 19.5 Å². The molecule has 8 heteroatoms. The van der Waals surface area contributed by atoms with Crippen LogP contribution in [-0.4, -0.2) is 18.2 Å². The van der Waals surface area contributed by atoms with Gasteiger partial charge in [0.15, 0.2) is 0 Å². The number of rotatable bonds is 4. The van der Waals surface area contributed by atoms with Gasteiger partial charge in [-0.3, -0.25) is 4.55 Å². The second kappa shape index (κ2) is 4.92. The molecule has 2 N–H and O–H groups in total. The van der Waals surface area contributed by atoms with Gasteiger partial charge in [0, 0.05) is 4.90 Å². The molecule has 1 aromatic carbocycles. The molecule has 6 nitrogen and oxygen atoms in total. The molecule has 0 unspecified atom stereocenters. The second-order valence-corrected chi connectivity index (χ2v) is 4.79. The molecule has 0 aliphatic rings. The van der Waals surface area contributed by atoms with Crippen molar-refractivity contribution in [3.8, 4) is 0 Å². The van der Waals surface area contributed by atoms with Crippen LogP contribution < -0.4 is 0 Å². The zero-order valence-electron chi connectivity index (χ0n) is 7.58. The molecule has 0 spiro atoms. The molecule has 15 heavy (non-hydrogen) atoms. The lowest BCUT2D eigenvalue weighted by Crippen LogP contribution is -2.00. The molecule has 0 atom stereocenters. The normalized spacial score (nSPS) is 11.7. The fourth-order valence-corrected chi connectivity index (χ4v) is 2.18. The minimum atomic E-state index is -4.20. The van der Waals surface area contributed by atoms with E-state index in [1.165, 1.54) is 25.1 Å². The first kappa shape index (κ1) is 12.4. The Hall–Kier alpha value is -0.640. The second-order valence-electron chi connectivity index (χ2n) is 2.63. The predicted molar refractivity (Wildman–Crippen MR) is 51.6 cm³/mol. The van der Waals surface area contributed by atoms with Crippen LogP contribution in [0.4, 0.5) is 0 Å². The van der Waals surface area contributed by atoms with Crippen LogP contribution in [0.2, 0.25) is 0 Å². The van der Waals surface area contributed by atoms with E-state index in [4.69, 9.17) is 9.81 Å². The lowest BCUT2D eigenvalue weighted by molar-refractivity contribution is -0.432. The Morgan fingerprint density at radius 3 is 2.53 bits per heavy atom. The topological polar surface area (TPSA) is 93.1 Å². The fourth-order valence-electron chi connectivity index (χ4n) is 1.02. The van der Waals surface area contributed by atoms with Crippen molar-refractivity contribution in [3.63, 3.8) is 0 Å². The molecule has 0 aliphatic carbocycles. The highest BCUT2D eigenvalue weighted by Gasteiger charge is 2.13. The first-order chi connectivity index (χ1) is 6.95. The van der Waals surface area contributed by atoms with Crippen molar-refractivity contribution in [2.45, 2.75) is 16.7 Å². The van der Waals surface area contributed by atoms with Gasteiger partial charge in [0.25, 0.3) is 10.1 Å². The van der Waals surface area contributed by atoms with Crippen molar-refractivity contribution in [2.24, 2.45) is 0 Å². The average Bonchev–Trinajstić information content (AvgIpc) is 2.12. The van der Waals surface area contributed by atoms with Gasteiger partial charge in [0.1, 0.15) is 0 Å². The Morgan fingerprint density at radius 2 is 2.07 bits per heavy atom. The largest absolute Gasteiger partial charge is 0.294 e. The summed E-state index contributed by atoms with van der Waals surface area (Å²) < 4.78 is 34.6. The van der Waals surface area contributed by atoms with E-state index in [2.05, 4.69) is 9.37 Å². The highest BCUT2D eigenvalue weighted by Crippen LogP contribution is 2.24. The summed E-state index contributed by atoms with van der Waals surface area (Å²) in [5, 5.41) is 11.3. The van der Waals surface area contributed by atoms with E-state index in [-0.39, 0.29) is 4.90 Å². The molecule has 84 valence electrons. The Morgan fingerprint density at radius 1 is 1.40 bits per heavy atom. The SMILES string of the molecule is Cc1cc(SOOO)ccc1S(=O)(=O)O. The maximum Gasteiger partial charge on any atom is 0.294 e. The Kier molecular flexibility index (Phi) is 4.08. The Balaban J connectivity index is 2.99. The molecule has 0 saturated heterocycles. The van der Waals surface area contributed by atoms with Crippen molar-refractivity contribution in [1.82, 2.24) is 0 Å². The molecule has 0 bridgehead atoms. The summed E-state index contributed by atoms with van der Waals surface area (Å²) in [4.78, 5) is 0.353. The lowest BCUT2D eigenvalue weighted by Gasteiger charge is -2.03. The highest BCUT2D eigenvalue weighted by molar-refractivity contribution is 7.94. The maximum atomic E-state index is 10.8. The molecule has 1 aromatic rings. The zero-order valence-corrected chi connectivity index (χ0v) is 9.21. The summed E-state index contributed by atoms with van der Waals surface area (Å²) in [6, 6.07) is 4.10. The van der Waals surface area contributed by atoms with E-state index < -0.39 is 10.1 Å². The van der Waals surface area contributed by atoms with Crippen molar-refractivity contribution >= 4 is 22.2 Å². The van der Waals surface area contributed by atoms with Crippen molar-refractivity contribution < 1.29 is 27.6 Å². The van der Waals surface area contributed by atoms with E-state index in [1.807, 2.05) is 0 Å². The number of benzene rings is 1. The van der Waals surface area contributed by atoms with E-state index in [0.717, 1.165) is 0 Å². The van der Waals surface area contributed by atoms with Crippen LogP contribution in [0, 0.1) is 6.92 Å². The number of hydrogen-bond acceptors (Lipinski definition) is 6. The number of hydrogen-bond donors (Lipinski definition) is 2. The van der Waals surface area contributed by atoms with E-state index in [1.54, 1.807) is 0 Å². The van der Waals surface area contributed by atoms with E-state index >= 15 is 0 Å². The first-order valence-electron chi connectivity index (χ1n) is 3.68. The Labute approximate surface area is 90.6 Å². The molecule has 0 fully saturated rings. The van der Waals surface area contributed by atoms with Crippen molar-refractivity contribution in [1.29, 1.82) is 0 Å². The molecule has 0 radical (unpaired) electrons. The third-order valence-corrected chi connectivity index (χ3v) is 3.17. The van der Waals surface area contributed by atoms with Crippen LogP contribution in [0.3, 0.4) is 0 Å². The van der Waals surface area contributed by atoms with Gasteiger partial charge in [-0.2, -0.15) is 8.42 Å². The van der Waals surface area contributed by atoms with Crippen molar-refractivity contribution in [2.75, 3.05) is 0 Å². The lowest BCUT2D eigenvalue weighted by atomic mass is 10.2. The predicted octanol–water partition coefficient (Wildman–Crippen LogP) is 1.67. The average molecular weight is 252 g/mol. The van der Waals surface area contributed by atoms with Crippen LogP contribution in [0.15, 0.2) is 28.0 Å². The molecule has 0 heterocycles. The summed E-state index contributed by atoms with van der Waals surface area (Å²) in [6.45, 7) is 1.52. The summed E-state index contributed by atoms with van der Waals surface area (Å²) in [6.07, 6.45) is 0. The van der Waals surface area contributed by atoms with Gasteiger partial charge in [-0.05, 0) is 30.7 Å². The zero-order chi connectivity index (χ0) is 11.5. The molecule has 0 aromatic heterocycles. The fraction of sp³-hybridized carbons (Fsp3) is 0.143. The minimum absolute atomic E-state index is 0.170. The van der Waals surface area contributed by atoms with Crippen LogP contribution in [0.5, 0.6) is 0 Å². The van der Waals surface area contributed by atoms with Gasteiger partial charge >= 0.3 is 0 Å². The van der Waals surface area contributed by atoms with Gasteiger partial charge in [0.2, 0.25) is 0 Å². The van der Waals surface area contributed by atoms with Crippen molar-refractivity contribution in [3.05, 3.63) is 23.8 Å². The van der Waals surface area contributed by atoms with Crippen LogP contribution >= 0.6 is 12.0 Å². The summed E-state index contributed by atoms with van der Waals surface area (Å²) >= 11 is 0.705. The molecular formula is C7H8O6S2.